The molecule has 0 bridgehead atoms. The number of benzene rings is 2. The van der Waals surface area contributed by atoms with Crippen molar-refractivity contribution < 1.29 is 9.59 Å². The first kappa shape index (κ1) is 19.3. The molecule has 5 heteroatoms. The smallest absolute Gasteiger partial charge is 0.274 e. The fourth-order valence-electron chi connectivity index (χ4n) is 2.73. The summed E-state index contributed by atoms with van der Waals surface area (Å²) < 4.78 is 0. The molecule has 0 atom stereocenters. The first-order valence-electron chi connectivity index (χ1n) is 9.18. The number of anilines is 3. The quantitative estimate of drug-likeness (QED) is 0.567. The Hall–Kier alpha value is -3.47. The highest BCUT2D eigenvalue weighted by molar-refractivity contribution is 6.03. The standard InChI is InChI=1S/C23H23N3O2/c1-15(2)17-4-8-20(9-5-17)26-23(28)22-14-21(12-13-24-22)25-19-10-6-18(7-11-19)16(3)27/h4-15H,1-3H3,(H,24,25)(H,26,28). The van der Waals surface area contributed by atoms with E-state index in [2.05, 4.69) is 29.5 Å². The van der Waals surface area contributed by atoms with E-state index in [1.54, 1.807) is 30.5 Å². The number of Topliss-reactive ketones (excluding diaryl/α,β-unsaturated/α-hetero) is 1. The van der Waals surface area contributed by atoms with Crippen LogP contribution < -0.4 is 10.6 Å². The van der Waals surface area contributed by atoms with Crippen LogP contribution in [0.5, 0.6) is 0 Å². The number of hydrogen-bond acceptors (Lipinski definition) is 4. The number of aromatic nitrogens is 1. The Morgan fingerprint density at radius 3 is 2.11 bits per heavy atom. The molecule has 2 N–H and O–H groups in total. The van der Waals surface area contributed by atoms with Gasteiger partial charge in [-0.1, -0.05) is 26.0 Å². The van der Waals surface area contributed by atoms with Crippen LogP contribution in [0, 0.1) is 0 Å². The summed E-state index contributed by atoms with van der Waals surface area (Å²) in [7, 11) is 0. The number of carbonyl (C=O) groups excluding carboxylic acids is 2. The van der Waals surface area contributed by atoms with Crippen LogP contribution in [0.1, 0.15) is 53.1 Å². The van der Waals surface area contributed by atoms with Crippen molar-refractivity contribution in [1.82, 2.24) is 4.98 Å². The second kappa shape index (κ2) is 8.48. The van der Waals surface area contributed by atoms with E-state index in [0.29, 0.717) is 17.2 Å². The third-order valence-electron chi connectivity index (χ3n) is 4.41. The zero-order chi connectivity index (χ0) is 20.1. The van der Waals surface area contributed by atoms with Gasteiger partial charge in [-0.2, -0.15) is 0 Å². The summed E-state index contributed by atoms with van der Waals surface area (Å²) in [5, 5.41) is 6.09. The Morgan fingerprint density at radius 1 is 0.857 bits per heavy atom. The molecule has 0 spiro atoms. The number of nitrogens with zero attached hydrogens (tertiary/aromatic N) is 1. The van der Waals surface area contributed by atoms with Crippen molar-refractivity contribution in [3.63, 3.8) is 0 Å². The maximum atomic E-state index is 12.5. The van der Waals surface area contributed by atoms with Crippen molar-refractivity contribution in [2.75, 3.05) is 10.6 Å². The van der Waals surface area contributed by atoms with Gasteiger partial charge in [0.1, 0.15) is 5.69 Å². The molecule has 0 saturated carbocycles. The second-order valence-corrected chi connectivity index (χ2v) is 6.92. The zero-order valence-corrected chi connectivity index (χ0v) is 16.2. The number of nitrogens with one attached hydrogen (secondary N) is 2. The normalized spacial score (nSPS) is 10.6. The van der Waals surface area contributed by atoms with Crippen molar-refractivity contribution in [3.05, 3.63) is 83.7 Å². The summed E-state index contributed by atoms with van der Waals surface area (Å²) in [6, 6.07) is 18.5. The van der Waals surface area contributed by atoms with Crippen LogP contribution in [0.15, 0.2) is 66.9 Å². The average molecular weight is 373 g/mol. The van der Waals surface area contributed by atoms with Gasteiger partial charge in [-0.05, 0) is 66.9 Å². The van der Waals surface area contributed by atoms with Crippen LogP contribution in [0.4, 0.5) is 17.1 Å². The van der Waals surface area contributed by atoms with Crippen molar-refractivity contribution in [1.29, 1.82) is 0 Å². The summed E-state index contributed by atoms with van der Waals surface area (Å²) in [5.41, 5.74) is 4.49. The largest absolute Gasteiger partial charge is 0.355 e. The van der Waals surface area contributed by atoms with Crippen molar-refractivity contribution in [2.45, 2.75) is 26.7 Å². The van der Waals surface area contributed by atoms with Crippen LogP contribution in [0.25, 0.3) is 0 Å². The minimum absolute atomic E-state index is 0.0239. The maximum Gasteiger partial charge on any atom is 0.274 e. The Morgan fingerprint density at radius 2 is 1.50 bits per heavy atom. The molecule has 0 aliphatic rings. The molecule has 0 radical (unpaired) electrons. The van der Waals surface area contributed by atoms with Gasteiger partial charge in [-0.25, -0.2) is 0 Å². The summed E-state index contributed by atoms with van der Waals surface area (Å²) in [6.45, 7) is 5.79. The van der Waals surface area contributed by atoms with E-state index in [0.717, 1.165) is 17.1 Å². The van der Waals surface area contributed by atoms with E-state index < -0.39 is 0 Å². The van der Waals surface area contributed by atoms with E-state index >= 15 is 0 Å². The molecule has 3 aromatic rings. The molecule has 0 fully saturated rings. The summed E-state index contributed by atoms with van der Waals surface area (Å²) in [5.74, 6) is 0.197. The third kappa shape index (κ3) is 4.82. The van der Waals surface area contributed by atoms with Gasteiger partial charge in [0.25, 0.3) is 5.91 Å². The first-order chi connectivity index (χ1) is 13.4. The van der Waals surface area contributed by atoms with Crippen molar-refractivity contribution >= 4 is 28.8 Å². The number of pyridine rings is 1. The lowest BCUT2D eigenvalue weighted by Crippen LogP contribution is -2.13. The lowest BCUT2D eigenvalue weighted by atomic mass is 10.0. The van der Waals surface area contributed by atoms with Crippen LogP contribution in [-0.4, -0.2) is 16.7 Å². The van der Waals surface area contributed by atoms with Gasteiger partial charge in [-0.3, -0.25) is 14.6 Å². The van der Waals surface area contributed by atoms with Crippen molar-refractivity contribution in [3.8, 4) is 0 Å². The van der Waals surface area contributed by atoms with E-state index in [1.165, 1.54) is 12.5 Å². The van der Waals surface area contributed by atoms with Gasteiger partial charge >= 0.3 is 0 Å². The molecule has 1 amide bonds. The Labute approximate surface area is 164 Å². The van der Waals surface area contributed by atoms with E-state index in [9.17, 15) is 9.59 Å². The second-order valence-electron chi connectivity index (χ2n) is 6.92. The zero-order valence-electron chi connectivity index (χ0n) is 16.2. The lowest BCUT2D eigenvalue weighted by molar-refractivity contribution is 0.101. The number of ketones is 1. The molecule has 1 heterocycles. The molecule has 0 saturated heterocycles. The molecule has 0 aliphatic carbocycles. The highest BCUT2D eigenvalue weighted by Crippen LogP contribution is 2.20. The van der Waals surface area contributed by atoms with Crippen LogP contribution >= 0.6 is 0 Å². The van der Waals surface area contributed by atoms with E-state index in [1.807, 2.05) is 36.4 Å². The van der Waals surface area contributed by atoms with Crippen LogP contribution in [0.3, 0.4) is 0 Å². The predicted octanol–water partition coefficient (Wildman–Crippen LogP) is 5.40. The maximum absolute atomic E-state index is 12.5. The third-order valence-corrected chi connectivity index (χ3v) is 4.41. The molecule has 142 valence electrons. The fraction of sp³-hybridized carbons (Fsp3) is 0.174. The summed E-state index contributed by atoms with van der Waals surface area (Å²) in [6.07, 6.45) is 1.59. The predicted molar refractivity (Wildman–Crippen MR) is 112 cm³/mol. The Balaban J connectivity index is 1.69. The lowest BCUT2D eigenvalue weighted by Gasteiger charge is -2.10. The van der Waals surface area contributed by atoms with Gasteiger partial charge in [0.05, 0.1) is 0 Å². The SMILES string of the molecule is CC(=O)c1ccc(Nc2ccnc(C(=O)Nc3ccc(C(C)C)cc3)c2)cc1. The fourth-order valence-corrected chi connectivity index (χ4v) is 2.73. The van der Waals surface area contributed by atoms with E-state index in [4.69, 9.17) is 0 Å². The molecular formula is C23H23N3O2. The highest BCUT2D eigenvalue weighted by Gasteiger charge is 2.09. The average Bonchev–Trinajstić information content (AvgIpc) is 2.69. The minimum atomic E-state index is -0.270. The number of rotatable bonds is 6. The minimum Gasteiger partial charge on any atom is -0.355 e. The summed E-state index contributed by atoms with van der Waals surface area (Å²) >= 11 is 0. The van der Waals surface area contributed by atoms with E-state index in [-0.39, 0.29) is 11.7 Å². The molecule has 2 aromatic carbocycles. The first-order valence-corrected chi connectivity index (χ1v) is 9.18. The molecule has 5 nitrogen and oxygen atoms in total. The summed E-state index contributed by atoms with van der Waals surface area (Å²) in [4.78, 5) is 28.0. The van der Waals surface area contributed by atoms with Gasteiger partial charge < -0.3 is 10.6 Å². The number of carbonyl (C=O) groups is 2. The van der Waals surface area contributed by atoms with Crippen LogP contribution in [0.2, 0.25) is 0 Å². The van der Waals surface area contributed by atoms with Gasteiger partial charge in [0, 0.05) is 28.8 Å². The van der Waals surface area contributed by atoms with Gasteiger partial charge in [0.15, 0.2) is 5.78 Å². The van der Waals surface area contributed by atoms with Gasteiger partial charge in [0.2, 0.25) is 0 Å². The van der Waals surface area contributed by atoms with Crippen LogP contribution in [-0.2, 0) is 0 Å². The Kier molecular flexibility index (Phi) is 5.84. The molecule has 3 rings (SSSR count). The highest BCUT2D eigenvalue weighted by atomic mass is 16.2. The Bertz CT molecular complexity index is 977. The topological polar surface area (TPSA) is 71.1 Å². The number of hydrogen-bond donors (Lipinski definition) is 2. The monoisotopic (exact) mass is 373 g/mol. The molecule has 0 aliphatic heterocycles. The van der Waals surface area contributed by atoms with Crippen molar-refractivity contribution in [2.24, 2.45) is 0 Å². The molecule has 1 aromatic heterocycles. The molecule has 0 unspecified atom stereocenters. The molecular weight excluding hydrogens is 350 g/mol. The number of amides is 1. The molecule has 28 heavy (non-hydrogen) atoms. The van der Waals surface area contributed by atoms with Gasteiger partial charge in [-0.15, -0.1) is 0 Å².